The standard InChI is InChI=1S/C31H24O4S/c1-22-12-14-25(15-13-22)35-26-16-19-31(29(20-26)24-10-6-3-7-11-24)36(33,34)27-17-18-30(32)28(21-27)23-8-4-2-5-9-23/h2-21,32H,1H3. The molecule has 178 valence electrons. The molecule has 0 aliphatic carbocycles. The third kappa shape index (κ3) is 4.74. The number of benzene rings is 5. The van der Waals surface area contributed by atoms with Crippen LogP contribution in [-0.4, -0.2) is 13.5 Å². The van der Waals surface area contributed by atoms with E-state index in [1.54, 1.807) is 18.2 Å². The molecule has 5 aromatic carbocycles. The van der Waals surface area contributed by atoms with Gasteiger partial charge in [-0.05, 0) is 66.6 Å². The molecule has 5 aromatic rings. The second-order valence-electron chi connectivity index (χ2n) is 8.49. The summed E-state index contributed by atoms with van der Waals surface area (Å²) >= 11 is 0. The average molecular weight is 493 g/mol. The van der Waals surface area contributed by atoms with E-state index in [4.69, 9.17) is 4.74 Å². The molecule has 0 amide bonds. The van der Waals surface area contributed by atoms with Crippen LogP contribution in [0.25, 0.3) is 22.3 Å². The number of ether oxygens (including phenoxy) is 1. The first-order chi connectivity index (χ1) is 17.4. The number of sulfone groups is 1. The molecule has 4 nitrogen and oxygen atoms in total. The van der Waals surface area contributed by atoms with E-state index < -0.39 is 9.84 Å². The highest BCUT2D eigenvalue weighted by molar-refractivity contribution is 7.91. The Labute approximate surface area is 211 Å². The molecule has 0 unspecified atom stereocenters. The van der Waals surface area contributed by atoms with Crippen LogP contribution >= 0.6 is 0 Å². The predicted molar refractivity (Wildman–Crippen MR) is 142 cm³/mol. The smallest absolute Gasteiger partial charge is 0.207 e. The Morgan fingerprint density at radius 1 is 0.611 bits per heavy atom. The summed E-state index contributed by atoms with van der Waals surface area (Å²) in [5, 5.41) is 10.4. The van der Waals surface area contributed by atoms with Crippen LogP contribution in [-0.2, 0) is 9.84 Å². The van der Waals surface area contributed by atoms with Crippen LogP contribution in [0, 0.1) is 6.92 Å². The lowest BCUT2D eigenvalue weighted by atomic mass is 10.1. The summed E-state index contributed by atoms with van der Waals surface area (Å²) in [5.41, 5.74) is 3.61. The number of hydrogen-bond acceptors (Lipinski definition) is 4. The fourth-order valence-electron chi connectivity index (χ4n) is 4.05. The Morgan fingerprint density at radius 2 is 1.19 bits per heavy atom. The molecule has 0 aromatic heterocycles. The van der Waals surface area contributed by atoms with Crippen LogP contribution in [0.2, 0.25) is 0 Å². The summed E-state index contributed by atoms with van der Waals surface area (Å²) < 4.78 is 33.8. The average Bonchev–Trinajstić information content (AvgIpc) is 2.91. The topological polar surface area (TPSA) is 63.6 Å². The normalized spacial score (nSPS) is 11.2. The van der Waals surface area contributed by atoms with Crippen molar-refractivity contribution in [1.82, 2.24) is 0 Å². The second kappa shape index (κ2) is 9.72. The largest absolute Gasteiger partial charge is 0.507 e. The second-order valence-corrected chi connectivity index (χ2v) is 10.4. The molecule has 0 bridgehead atoms. The van der Waals surface area contributed by atoms with Gasteiger partial charge in [-0.1, -0.05) is 78.4 Å². The quantitative estimate of drug-likeness (QED) is 0.264. The lowest BCUT2D eigenvalue weighted by Gasteiger charge is -2.15. The number of phenols is 1. The van der Waals surface area contributed by atoms with Gasteiger partial charge in [0.05, 0.1) is 9.79 Å². The summed E-state index contributed by atoms with van der Waals surface area (Å²) in [6.45, 7) is 2.00. The van der Waals surface area contributed by atoms with E-state index >= 15 is 0 Å². The zero-order valence-electron chi connectivity index (χ0n) is 19.6. The molecule has 0 fully saturated rings. The maximum atomic E-state index is 13.9. The monoisotopic (exact) mass is 492 g/mol. The van der Waals surface area contributed by atoms with Crippen LogP contribution in [0.3, 0.4) is 0 Å². The molecule has 0 aliphatic heterocycles. The molecule has 0 saturated heterocycles. The van der Waals surface area contributed by atoms with E-state index in [2.05, 4.69) is 0 Å². The maximum absolute atomic E-state index is 13.9. The highest BCUT2D eigenvalue weighted by Gasteiger charge is 2.24. The number of aromatic hydroxyl groups is 1. The molecule has 0 aliphatic rings. The van der Waals surface area contributed by atoms with Crippen molar-refractivity contribution >= 4 is 9.84 Å². The summed E-state index contributed by atoms with van der Waals surface area (Å²) in [6, 6.07) is 35.6. The lowest BCUT2D eigenvalue weighted by Crippen LogP contribution is -2.05. The van der Waals surface area contributed by atoms with E-state index in [0.717, 1.165) is 16.7 Å². The highest BCUT2D eigenvalue weighted by atomic mass is 32.2. The van der Waals surface area contributed by atoms with Crippen LogP contribution < -0.4 is 4.74 Å². The first kappa shape index (κ1) is 23.4. The van der Waals surface area contributed by atoms with Crippen molar-refractivity contribution < 1.29 is 18.3 Å². The van der Waals surface area contributed by atoms with Gasteiger partial charge in [0.1, 0.15) is 17.2 Å². The van der Waals surface area contributed by atoms with Gasteiger partial charge in [0.25, 0.3) is 0 Å². The van der Waals surface area contributed by atoms with Crippen molar-refractivity contribution in [1.29, 1.82) is 0 Å². The van der Waals surface area contributed by atoms with Gasteiger partial charge in [-0.2, -0.15) is 0 Å². The Balaban J connectivity index is 1.62. The van der Waals surface area contributed by atoms with Gasteiger partial charge in [0.15, 0.2) is 0 Å². The zero-order chi connectivity index (χ0) is 25.1. The highest BCUT2D eigenvalue weighted by Crippen LogP contribution is 2.38. The number of phenolic OH excluding ortho intramolecular Hbond substituents is 1. The van der Waals surface area contributed by atoms with Crippen molar-refractivity contribution in [3.63, 3.8) is 0 Å². The van der Waals surface area contributed by atoms with Crippen molar-refractivity contribution in [2.24, 2.45) is 0 Å². The van der Waals surface area contributed by atoms with E-state index in [1.165, 1.54) is 18.2 Å². The number of hydrogen-bond donors (Lipinski definition) is 1. The predicted octanol–water partition coefficient (Wildman–Crippen LogP) is 7.66. The van der Waals surface area contributed by atoms with Crippen molar-refractivity contribution in [2.75, 3.05) is 0 Å². The van der Waals surface area contributed by atoms with Gasteiger partial charge in [-0.3, -0.25) is 0 Å². The maximum Gasteiger partial charge on any atom is 0.207 e. The third-order valence-electron chi connectivity index (χ3n) is 5.95. The van der Waals surface area contributed by atoms with Gasteiger partial charge in [-0.15, -0.1) is 0 Å². The summed E-state index contributed by atoms with van der Waals surface area (Å²) in [5.74, 6) is 1.22. The van der Waals surface area contributed by atoms with Crippen LogP contribution in [0.1, 0.15) is 5.56 Å². The minimum Gasteiger partial charge on any atom is -0.507 e. The van der Waals surface area contributed by atoms with Gasteiger partial charge < -0.3 is 9.84 Å². The van der Waals surface area contributed by atoms with E-state index in [-0.39, 0.29) is 15.5 Å². The molecule has 0 radical (unpaired) electrons. The zero-order valence-corrected chi connectivity index (χ0v) is 20.4. The van der Waals surface area contributed by atoms with Crippen LogP contribution in [0.15, 0.2) is 131 Å². The Bertz CT molecular complexity index is 1610. The Kier molecular flexibility index (Phi) is 6.32. The van der Waals surface area contributed by atoms with Crippen molar-refractivity contribution in [2.45, 2.75) is 16.7 Å². The first-order valence-electron chi connectivity index (χ1n) is 11.5. The van der Waals surface area contributed by atoms with Crippen molar-refractivity contribution in [3.05, 3.63) is 127 Å². The SMILES string of the molecule is Cc1ccc(Oc2ccc(S(=O)(=O)c3ccc(O)c(-c4ccccc4)c3)c(-c3ccccc3)c2)cc1. The molecule has 0 spiro atoms. The first-order valence-corrected chi connectivity index (χ1v) is 13.0. The minimum absolute atomic E-state index is 0.0188. The molecule has 1 N–H and O–H groups in total. The molecule has 0 heterocycles. The van der Waals surface area contributed by atoms with Crippen LogP contribution in [0.4, 0.5) is 0 Å². The Hall–Kier alpha value is -4.35. The van der Waals surface area contributed by atoms with E-state index in [9.17, 15) is 13.5 Å². The van der Waals surface area contributed by atoms with Gasteiger partial charge in [0, 0.05) is 11.1 Å². The summed E-state index contributed by atoms with van der Waals surface area (Å²) in [6.07, 6.45) is 0. The summed E-state index contributed by atoms with van der Waals surface area (Å²) in [4.78, 5) is 0.262. The molecular formula is C31H24O4S. The Morgan fingerprint density at radius 3 is 1.83 bits per heavy atom. The molecule has 0 atom stereocenters. The molecule has 5 rings (SSSR count). The summed E-state index contributed by atoms with van der Waals surface area (Å²) in [7, 11) is -3.93. The molecular weight excluding hydrogens is 468 g/mol. The minimum atomic E-state index is -3.93. The molecule has 36 heavy (non-hydrogen) atoms. The fraction of sp³-hybridized carbons (Fsp3) is 0.0323. The van der Waals surface area contributed by atoms with Crippen molar-refractivity contribution in [3.8, 4) is 39.5 Å². The third-order valence-corrected chi connectivity index (χ3v) is 7.75. The fourth-order valence-corrected chi connectivity index (χ4v) is 5.54. The number of rotatable bonds is 6. The van der Waals surface area contributed by atoms with Gasteiger partial charge >= 0.3 is 0 Å². The molecule has 0 saturated carbocycles. The number of aryl methyl sites for hydroxylation is 1. The van der Waals surface area contributed by atoms with Crippen LogP contribution in [0.5, 0.6) is 17.2 Å². The van der Waals surface area contributed by atoms with E-state index in [1.807, 2.05) is 91.9 Å². The van der Waals surface area contributed by atoms with Gasteiger partial charge in [0.2, 0.25) is 9.84 Å². The lowest BCUT2D eigenvalue weighted by molar-refractivity contribution is 0.477. The van der Waals surface area contributed by atoms with Gasteiger partial charge in [-0.25, -0.2) is 8.42 Å². The molecule has 5 heteroatoms. The van der Waals surface area contributed by atoms with E-state index in [0.29, 0.717) is 22.6 Å².